The molecule has 4 nitrogen and oxygen atoms in total. The van der Waals surface area contributed by atoms with Gasteiger partial charge in [-0.1, -0.05) is 12.1 Å². The second-order valence-corrected chi connectivity index (χ2v) is 5.60. The molecule has 3 rings (SSSR count). The molecule has 0 aliphatic heterocycles. The van der Waals surface area contributed by atoms with Gasteiger partial charge in [0.2, 0.25) is 6.08 Å². The van der Waals surface area contributed by atoms with Crippen molar-refractivity contribution in [1.29, 1.82) is 0 Å². The van der Waals surface area contributed by atoms with Gasteiger partial charge in [-0.25, -0.2) is 4.79 Å². The number of carbonyl (C=O) groups excluding carboxylic acids is 1. The van der Waals surface area contributed by atoms with E-state index in [2.05, 4.69) is 4.99 Å². The Morgan fingerprint density at radius 2 is 2.05 bits per heavy atom. The average molecular weight is 273 g/mol. The maximum atomic E-state index is 10.7. The van der Waals surface area contributed by atoms with Crippen molar-refractivity contribution in [3.05, 3.63) is 23.8 Å². The molecule has 2 aliphatic carbocycles. The van der Waals surface area contributed by atoms with E-state index in [1.54, 1.807) is 13.2 Å². The van der Waals surface area contributed by atoms with Crippen LogP contribution in [0.3, 0.4) is 0 Å². The summed E-state index contributed by atoms with van der Waals surface area (Å²) in [6, 6.07) is 5.81. The summed E-state index contributed by atoms with van der Waals surface area (Å²) in [7, 11) is 1.64. The largest absolute Gasteiger partial charge is 0.493 e. The number of nitrogens with zero attached hydrogens (tertiary/aromatic N) is 1. The van der Waals surface area contributed by atoms with Gasteiger partial charge < -0.3 is 9.47 Å². The molecule has 2 aliphatic rings. The third-order valence-electron chi connectivity index (χ3n) is 4.27. The first-order valence-electron chi connectivity index (χ1n) is 7.22. The summed E-state index contributed by atoms with van der Waals surface area (Å²) in [5.74, 6) is 1.49. The van der Waals surface area contributed by atoms with Crippen LogP contribution in [-0.4, -0.2) is 19.3 Å². The van der Waals surface area contributed by atoms with Crippen LogP contribution in [0.4, 0.5) is 0 Å². The Bertz CT molecular complexity index is 539. The molecule has 0 unspecified atom stereocenters. The van der Waals surface area contributed by atoms with Gasteiger partial charge in [-0.15, -0.1) is 0 Å². The quantitative estimate of drug-likeness (QED) is 0.610. The Hall–Kier alpha value is -1.80. The Kier molecular flexibility index (Phi) is 3.49. The molecule has 106 valence electrons. The molecule has 0 spiro atoms. The summed E-state index contributed by atoms with van der Waals surface area (Å²) in [5.41, 5.74) is 0.539. The highest BCUT2D eigenvalue weighted by atomic mass is 16.5. The van der Waals surface area contributed by atoms with Crippen molar-refractivity contribution in [3.63, 3.8) is 0 Å². The summed E-state index contributed by atoms with van der Waals surface area (Å²) in [6.07, 6.45) is 8.30. The van der Waals surface area contributed by atoms with Crippen LogP contribution in [-0.2, 0) is 10.3 Å². The lowest BCUT2D eigenvalue weighted by Gasteiger charge is -2.21. The zero-order valence-electron chi connectivity index (χ0n) is 11.7. The highest BCUT2D eigenvalue weighted by Gasteiger charge is 2.47. The topological polar surface area (TPSA) is 47.9 Å². The number of methoxy groups -OCH3 is 1. The van der Waals surface area contributed by atoms with Crippen LogP contribution in [0.15, 0.2) is 23.2 Å². The molecule has 0 atom stereocenters. The van der Waals surface area contributed by atoms with Gasteiger partial charge in [0.25, 0.3) is 0 Å². The van der Waals surface area contributed by atoms with Crippen molar-refractivity contribution in [2.45, 2.75) is 50.2 Å². The molecular weight excluding hydrogens is 254 g/mol. The molecule has 0 heterocycles. The Balaban J connectivity index is 1.98. The lowest BCUT2D eigenvalue weighted by molar-refractivity contribution is 0.197. The fraction of sp³-hybridized carbons (Fsp3) is 0.562. The Morgan fingerprint density at radius 3 is 2.65 bits per heavy atom. The fourth-order valence-electron chi connectivity index (χ4n) is 2.98. The number of benzene rings is 1. The summed E-state index contributed by atoms with van der Waals surface area (Å²) in [4.78, 5) is 14.7. The summed E-state index contributed by atoms with van der Waals surface area (Å²) < 4.78 is 11.6. The fourth-order valence-corrected chi connectivity index (χ4v) is 2.98. The highest BCUT2D eigenvalue weighted by molar-refractivity contribution is 5.54. The van der Waals surface area contributed by atoms with Crippen LogP contribution in [0, 0.1) is 0 Å². The maximum absolute atomic E-state index is 10.7. The molecule has 20 heavy (non-hydrogen) atoms. The molecule has 4 heteroatoms. The van der Waals surface area contributed by atoms with Crippen LogP contribution >= 0.6 is 0 Å². The molecular formula is C16H19NO3. The van der Waals surface area contributed by atoms with Crippen LogP contribution in [0.25, 0.3) is 0 Å². The lowest BCUT2D eigenvalue weighted by atomic mass is 10.0. The van der Waals surface area contributed by atoms with Crippen molar-refractivity contribution < 1.29 is 14.3 Å². The van der Waals surface area contributed by atoms with Crippen LogP contribution in [0.2, 0.25) is 0 Å². The van der Waals surface area contributed by atoms with E-state index in [-0.39, 0.29) is 6.10 Å². The number of ether oxygens (including phenoxy) is 2. The number of hydrogen-bond donors (Lipinski definition) is 0. The summed E-state index contributed by atoms with van der Waals surface area (Å²) in [5, 5.41) is 0. The van der Waals surface area contributed by atoms with Gasteiger partial charge in [0.15, 0.2) is 11.5 Å². The molecule has 0 saturated heterocycles. The van der Waals surface area contributed by atoms with E-state index in [1.807, 2.05) is 18.2 Å². The summed E-state index contributed by atoms with van der Waals surface area (Å²) >= 11 is 0. The molecule has 2 fully saturated rings. The molecule has 0 bridgehead atoms. The number of hydrogen-bond acceptors (Lipinski definition) is 4. The zero-order valence-corrected chi connectivity index (χ0v) is 11.7. The van der Waals surface area contributed by atoms with E-state index in [0.29, 0.717) is 0 Å². The van der Waals surface area contributed by atoms with Crippen LogP contribution < -0.4 is 9.47 Å². The van der Waals surface area contributed by atoms with Gasteiger partial charge in [-0.2, -0.15) is 4.99 Å². The van der Waals surface area contributed by atoms with Crippen molar-refractivity contribution in [1.82, 2.24) is 0 Å². The number of para-hydroxylation sites is 1. The van der Waals surface area contributed by atoms with Crippen molar-refractivity contribution >= 4 is 6.08 Å². The number of isocyanates is 1. The van der Waals surface area contributed by atoms with Crippen molar-refractivity contribution in [3.8, 4) is 11.5 Å². The van der Waals surface area contributed by atoms with E-state index >= 15 is 0 Å². The van der Waals surface area contributed by atoms with Crippen molar-refractivity contribution in [2.75, 3.05) is 7.11 Å². The number of rotatable bonds is 5. The third-order valence-corrected chi connectivity index (χ3v) is 4.27. The second-order valence-electron chi connectivity index (χ2n) is 5.60. The Labute approximate surface area is 118 Å². The van der Waals surface area contributed by atoms with E-state index in [1.165, 1.54) is 12.8 Å². The first kappa shape index (κ1) is 13.2. The maximum Gasteiger partial charge on any atom is 0.235 e. The first-order valence-corrected chi connectivity index (χ1v) is 7.22. The smallest absolute Gasteiger partial charge is 0.235 e. The first-order chi connectivity index (χ1) is 9.79. The van der Waals surface area contributed by atoms with Gasteiger partial charge >= 0.3 is 0 Å². The standard InChI is InChI=1S/C16H19NO3/c1-19-14-8-4-7-13(16(9-10-16)17-11-18)15(14)20-12-5-2-3-6-12/h4,7-8,12H,2-3,5-6,9-10H2,1H3. The minimum atomic E-state index is -0.426. The minimum Gasteiger partial charge on any atom is -0.493 e. The SMILES string of the molecule is COc1cccc(C2(N=C=O)CC2)c1OC1CCCC1. The molecule has 0 aromatic heterocycles. The van der Waals surface area contributed by atoms with Gasteiger partial charge in [-0.05, 0) is 44.6 Å². The molecule has 0 radical (unpaired) electrons. The van der Waals surface area contributed by atoms with Gasteiger partial charge in [0.05, 0.1) is 13.2 Å². The minimum absolute atomic E-state index is 0.251. The van der Waals surface area contributed by atoms with E-state index in [9.17, 15) is 4.79 Å². The van der Waals surface area contributed by atoms with E-state index in [0.717, 1.165) is 42.7 Å². The predicted octanol–water partition coefficient (Wildman–Crippen LogP) is 3.34. The van der Waals surface area contributed by atoms with E-state index in [4.69, 9.17) is 9.47 Å². The van der Waals surface area contributed by atoms with Gasteiger partial charge in [-0.3, -0.25) is 0 Å². The molecule has 0 amide bonds. The molecule has 1 aromatic rings. The van der Waals surface area contributed by atoms with Gasteiger partial charge in [0, 0.05) is 5.56 Å². The van der Waals surface area contributed by atoms with Crippen molar-refractivity contribution in [2.24, 2.45) is 4.99 Å². The Morgan fingerprint density at radius 1 is 1.30 bits per heavy atom. The van der Waals surface area contributed by atoms with E-state index < -0.39 is 5.54 Å². The lowest BCUT2D eigenvalue weighted by Crippen LogP contribution is -2.15. The highest BCUT2D eigenvalue weighted by Crippen LogP contribution is 2.54. The summed E-state index contributed by atoms with van der Waals surface area (Å²) in [6.45, 7) is 0. The monoisotopic (exact) mass is 273 g/mol. The second kappa shape index (κ2) is 5.29. The predicted molar refractivity (Wildman–Crippen MR) is 74.9 cm³/mol. The van der Waals surface area contributed by atoms with Gasteiger partial charge in [0.1, 0.15) is 5.54 Å². The molecule has 1 aromatic carbocycles. The third kappa shape index (κ3) is 2.32. The molecule has 0 N–H and O–H groups in total. The molecule has 2 saturated carbocycles. The van der Waals surface area contributed by atoms with Crippen LogP contribution in [0.1, 0.15) is 44.1 Å². The van der Waals surface area contributed by atoms with Crippen LogP contribution in [0.5, 0.6) is 11.5 Å². The normalized spacial score (nSPS) is 20.2. The number of aliphatic imine (C=N–C) groups is 1. The zero-order chi connectivity index (χ0) is 14.0. The average Bonchev–Trinajstić information content (AvgIpc) is 3.06.